The zero-order valence-electron chi connectivity index (χ0n) is 17.0. The zero-order chi connectivity index (χ0) is 19.4. The molecule has 3 rings (SSSR count). The number of aromatic nitrogens is 2. The Kier molecular flexibility index (Phi) is 6.32. The largest absolute Gasteiger partial charge is 0.355 e. The summed E-state index contributed by atoms with van der Waals surface area (Å²) in [6, 6.07) is 10.1. The first-order chi connectivity index (χ1) is 12.9. The third kappa shape index (κ3) is 4.98. The van der Waals surface area contributed by atoms with Crippen LogP contribution in [0.2, 0.25) is 0 Å². The lowest BCUT2D eigenvalue weighted by atomic mass is 9.92. The van der Waals surface area contributed by atoms with E-state index >= 15 is 0 Å². The fourth-order valence-corrected chi connectivity index (χ4v) is 4.30. The monoisotopic (exact) mass is 368 g/mol. The molecule has 1 aliphatic heterocycles. The van der Waals surface area contributed by atoms with Crippen LogP contribution in [0.15, 0.2) is 30.3 Å². The van der Waals surface area contributed by atoms with Crippen molar-refractivity contribution in [2.45, 2.75) is 40.5 Å². The maximum atomic E-state index is 12.5. The summed E-state index contributed by atoms with van der Waals surface area (Å²) in [7, 11) is 0. The van der Waals surface area contributed by atoms with Gasteiger partial charge in [-0.15, -0.1) is 0 Å². The molecule has 0 bridgehead atoms. The number of amides is 1. The minimum Gasteiger partial charge on any atom is -0.355 e. The molecule has 1 amide bonds. The molecule has 2 heterocycles. The Morgan fingerprint density at radius 1 is 1.15 bits per heavy atom. The first-order valence-corrected chi connectivity index (χ1v) is 10.0. The second-order valence-electron chi connectivity index (χ2n) is 8.13. The standard InChI is InChI=1S/C22H32N4O/c1-16-12-17(2)15-25(14-16)11-10-23-22(27)13-21-18(3)24-26(19(21)4)20-8-6-5-7-9-20/h5-9,16-17H,10-15H2,1-4H3,(H,23,27)/t16-,17-/m0/s1. The molecule has 0 aliphatic carbocycles. The number of carbonyl (C=O) groups is 1. The molecule has 2 atom stereocenters. The van der Waals surface area contributed by atoms with Gasteiger partial charge in [0.2, 0.25) is 5.91 Å². The van der Waals surface area contributed by atoms with Gasteiger partial charge in [0.15, 0.2) is 0 Å². The van der Waals surface area contributed by atoms with Crippen LogP contribution in [0.1, 0.15) is 37.2 Å². The predicted octanol–water partition coefficient (Wildman–Crippen LogP) is 3.13. The van der Waals surface area contributed by atoms with Crippen LogP contribution in [0.3, 0.4) is 0 Å². The van der Waals surface area contributed by atoms with E-state index in [2.05, 4.69) is 29.2 Å². The van der Waals surface area contributed by atoms with Gasteiger partial charge in [-0.05, 0) is 44.2 Å². The van der Waals surface area contributed by atoms with E-state index in [1.54, 1.807) is 0 Å². The van der Waals surface area contributed by atoms with Crippen molar-refractivity contribution >= 4 is 5.91 Å². The summed E-state index contributed by atoms with van der Waals surface area (Å²) >= 11 is 0. The lowest BCUT2D eigenvalue weighted by Crippen LogP contribution is -2.43. The number of likely N-dealkylation sites (tertiary alicyclic amines) is 1. The van der Waals surface area contributed by atoms with Crippen LogP contribution in [0.4, 0.5) is 0 Å². The number of nitrogens with one attached hydrogen (secondary N) is 1. The summed E-state index contributed by atoms with van der Waals surface area (Å²) in [4.78, 5) is 14.9. The maximum absolute atomic E-state index is 12.5. The van der Waals surface area contributed by atoms with Gasteiger partial charge >= 0.3 is 0 Å². The summed E-state index contributed by atoms with van der Waals surface area (Å²) < 4.78 is 1.93. The molecular formula is C22H32N4O. The first-order valence-electron chi connectivity index (χ1n) is 10.0. The Hall–Kier alpha value is -2.14. The Morgan fingerprint density at radius 3 is 2.48 bits per heavy atom. The minimum absolute atomic E-state index is 0.0759. The van der Waals surface area contributed by atoms with Gasteiger partial charge in [0.05, 0.1) is 17.8 Å². The van der Waals surface area contributed by atoms with Crippen molar-refractivity contribution in [2.75, 3.05) is 26.2 Å². The zero-order valence-corrected chi connectivity index (χ0v) is 17.0. The SMILES string of the molecule is Cc1nn(-c2ccccc2)c(C)c1CC(=O)NCCN1C[C@@H](C)C[C@H](C)C1. The molecule has 0 spiro atoms. The predicted molar refractivity (Wildman–Crippen MR) is 109 cm³/mol. The van der Waals surface area contributed by atoms with Gasteiger partial charge in [-0.2, -0.15) is 5.10 Å². The Morgan fingerprint density at radius 2 is 1.81 bits per heavy atom. The van der Waals surface area contributed by atoms with Crippen LogP contribution in [-0.4, -0.2) is 46.8 Å². The number of hydrogen-bond donors (Lipinski definition) is 1. The molecule has 1 saturated heterocycles. The summed E-state index contributed by atoms with van der Waals surface area (Å²) in [5.41, 5.74) is 4.01. The fourth-order valence-electron chi connectivity index (χ4n) is 4.30. The van der Waals surface area contributed by atoms with Gasteiger partial charge in [0.25, 0.3) is 0 Å². The highest BCUT2D eigenvalue weighted by Crippen LogP contribution is 2.20. The number of aryl methyl sites for hydroxylation is 1. The maximum Gasteiger partial charge on any atom is 0.224 e. The molecule has 146 valence electrons. The number of rotatable bonds is 6. The topological polar surface area (TPSA) is 50.2 Å². The molecule has 1 aromatic carbocycles. The third-order valence-corrected chi connectivity index (χ3v) is 5.47. The van der Waals surface area contributed by atoms with Gasteiger partial charge < -0.3 is 10.2 Å². The molecule has 5 nitrogen and oxygen atoms in total. The van der Waals surface area contributed by atoms with E-state index in [4.69, 9.17) is 0 Å². The Labute approximate surface area is 162 Å². The molecular weight excluding hydrogens is 336 g/mol. The van der Waals surface area contributed by atoms with E-state index in [-0.39, 0.29) is 5.91 Å². The molecule has 1 aliphatic rings. The van der Waals surface area contributed by atoms with E-state index in [0.717, 1.165) is 54.1 Å². The normalized spacial score (nSPS) is 20.6. The molecule has 0 radical (unpaired) electrons. The van der Waals surface area contributed by atoms with Crippen LogP contribution in [0.5, 0.6) is 0 Å². The average molecular weight is 369 g/mol. The van der Waals surface area contributed by atoms with E-state index in [1.165, 1.54) is 6.42 Å². The second-order valence-corrected chi connectivity index (χ2v) is 8.13. The molecule has 1 fully saturated rings. The van der Waals surface area contributed by atoms with Gasteiger partial charge in [0, 0.05) is 37.4 Å². The van der Waals surface area contributed by atoms with Gasteiger partial charge in [0.1, 0.15) is 0 Å². The number of nitrogens with zero attached hydrogens (tertiary/aromatic N) is 3. The average Bonchev–Trinajstić information content (AvgIpc) is 2.90. The highest BCUT2D eigenvalue weighted by molar-refractivity contribution is 5.79. The van der Waals surface area contributed by atoms with E-state index in [0.29, 0.717) is 13.0 Å². The molecule has 0 saturated carbocycles. The Bertz CT molecular complexity index is 758. The smallest absolute Gasteiger partial charge is 0.224 e. The summed E-state index contributed by atoms with van der Waals surface area (Å²) in [5, 5.41) is 7.73. The van der Waals surface area contributed by atoms with Crippen molar-refractivity contribution in [3.05, 3.63) is 47.3 Å². The highest BCUT2D eigenvalue weighted by atomic mass is 16.1. The quantitative estimate of drug-likeness (QED) is 0.852. The molecule has 0 unspecified atom stereocenters. The lowest BCUT2D eigenvalue weighted by Gasteiger charge is -2.34. The van der Waals surface area contributed by atoms with E-state index in [9.17, 15) is 4.79 Å². The summed E-state index contributed by atoms with van der Waals surface area (Å²) in [5.74, 6) is 1.57. The van der Waals surface area contributed by atoms with Crippen molar-refractivity contribution < 1.29 is 4.79 Å². The molecule has 2 aromatic rings. The summed E-state index contributed by atoms with van der Waals surface area (Å²) in [6.45, 7) is 12.6. The summed E-state index contributed by atoms with van der Waals surface area (Å²) in [6.07, 6.45) is 1.70. The van der Waals surface area contributed by atoms with Crippen LogP contribution >= 0.6 is 0 Å². The molecule has 1 aromatic heterocycles. The first kappa shape index (κ1) is 19.6. The van der Waals surface area contributed by atoms with Gasteiger partial charge in [-0.25, -0.2) is 4.68 Å². The van der Waals surface area contributed by atoms with Crippen molar-refractivity contribution in [3.63, 3.8) is 0 Å². The Balaban J connectivity index is 1.55. The van der Waals surface area contributed by atoms with Crippen LogP contribution in [-0.2, 0) is 11.2 Å². The molecule has 27 heavy (non-hydrogen) atoms. The van der Waals surface area contributed by atoms with Crippen LogP contribution in [0.25, 0.3) is 5.69 Å². The molecule has 1 N–H and O–H groups in total. The minimum atomic E-state index is 0.0759. The van der Waals surface area contributed by atoms with Gasteiger partial charge in [-0.3, -0.25) is 4.79 Å². The fraction of sp³-hybridized carbons (Fsp3) is 0.545. The van der Waals surface area contributed by atoms with Crippen molar-refractivity contribution in [3.8, 4) is 5.69 Å². The van der Waals surface area contributed by atoms with Crippen molar-refractivity contribution in [1.29, 1.82) is 0 Å². The molecule has 5 heteroatoms. The third-order valence-electron chi connectivity index (χ3n) is 5.47. The number of para-hydroxylation sites is 1. The van der Waals surface area contributed by atoms with Crippen LogP contribution in [0, 0.1) is 25.7 Å². The number of carbonyl (C=O) groups excluding carboxylic acids is 1. The van der Waals surface area contributed by atoms with E-state index in [1.807, 2.05) is 48.9 Å². The number of piperidine rings is 1. The number of benzene rings is 1. The van der Waals surface area contributed by atoms with Crippen molar-refractivity contribution in [1.82, 2.24) is 20.0 Å². The number of hydrogen-bond acceptors (Lipinski definition) is 3. The highest BCUT2D eigenvalue weighted by Gasteiger charge is 2.21. The van der Waals surface area contributed by atoms with Gasteiger partial charge in [-0.1, -0.05) is 32.0 Å². The second kappa shape index (κ2) is 8.70. The van der Waals surface area contributed by atoms with Crippen LogP contribution < -0.4 is 5.32 Å². The van der Waals surface area contributed by atoms with E-state index < -0.39 is 0 Å². The van der Waals surface area contributed by atoms with Crippen molar-refractivity contribution in [2.24, 2.45) is 11.8 Å². The lowest BCUT2D eigenvalue weighted by molar-refractivity contribution is -0.120.